The van der Waals surface area contributed by atoms with Crippen LogP contribution < -0.4 is 9.32 Å². The third-order valence-corrected chi connectivity index (χ3v) is 3.68. The average Bonchev–Trinajstić information content (AvgIpc) is 2.54. The molecule has 2 N–H and O–H groups in total. The fraction of sp³-hybridized carbons (Fsp3) is 0.235. The smallest absolute Gasteiger partial charge is 0.380 e. The fourth-order valence-electron chi connectivity index (χ4n) is 2.03. The van der Waals surface area contributed by atoms with E-state index in [1.165, 1.54) is 12.1 Å². The SMILES string of the molecule is CCCCOC(=O)c1ccc(-c2ccc(OS(N)(=O)=O)cc2)cc1. The van der Waals surface area contributed by atoms with Crippen LogP contribution >= 0.6 is 0 Å². The van der Waals surface area contributed by atoms with Crippen LogP contribution in [0.15, 0.2) is 48.5 Å². The van der Waals surface area contributed by atoms with Gasteiger partial charge in [0.05, 0.1) is 12.2 Å². The molecule has 2 aromatic carbocycles. The number of ether oxygens (including phenoxy) is 1. The molecule has 0 amide bonds. The second-order valence-corrected chi connectivity index (χ2v) is 6.32. The van der Waals surface area contributed by atoms with Crippen molar-refractivity contribution >= 4 is 16.3 Å². The van der Waals surface area contributed by atoms with Crippen LogP contribution in [-0.2, 0) is 15.0 Å². The summed E-state index contributed by atoms with van der Waals surface area (Å²) >= 11 is 0. The third kappa shape index (κ3) is 5.36. The molecule has 0 radical (unpaired) electrons. The lowest BCUT2D eigenvalue weighted by Crippen LogP contribution is -2.18. The molecule has 0 saturated heterocycles. The number of carbonyl (C=O) groups excluding carboxylic acids is 1. The summed E-state index contributed by atoms with van der Waals surface area (Å²) in [6.45, 7) is 2.45. The van der Waals surface area contributed by atoms with E-state index in [1.54, 1.807) is 36.4 Å². The summed E-state index contributed by atoms with van der Waals surface area (Å²) in [7, 11) is -4.03. The first-order valence-corrected chi connectivity index (χ1v) is 8.96. The normalized spacial score (nSPS) is 11.1. The Kier molecular flexibility index (Phi) is 5.94. The van der Waals surface area contributed by atoms with Crippen LogP contribution in [0.3, 0.4) is 0 Å². The quantitative estimate of drug-likeness (QED) is 0.612. The van der Waals surface area contributed by atoms with Crippen molar-refractivity contribution in [2.75, 3.05) is 6.61 Å². The van der Waals surface area contributed by atoms with Crippen molar-refractivity contribution in [3.05, 3.63) is 54.1 Å². The minimum atomic E-state index is -4.03. The first kappa shape index (κ1) is 18.0. The molecule has 0 heterocycles. The molecule has 128 valence electrons. The van der Waals surface area contributed by atoms with Gasteiger partial charge in [-0.25, -0.2) is 4.79 Å². The third-order valence-electron chi connectivity index (χ3n) is 3.25. The molecule has 0 aliphatic carbocycles. The largest absolute Gasteiger partial charge is 0.462 e. The maximum Gasteiger partial charge on any atom is 0.380 e. The molecule has 6 nitrogen and oxygen atoms in total. The van der Waals surface area contributed by atoms with E-state index < -0.39 is 10.3 Å². The van der Waals surface area contributed by atoms with E-state index in [2.05, 4.69) is 4.18 Å². The van der Waals surface area contributed by atoms with Gasteiger partial charge < -0.3 is 8.92 Å². The summed E-state index contributed by atoms with van der Waals surface area (Å²) in [6.07, 6.45) is 1.81. The summed E-state index contributed by atoms with van der Waals surface area (Å²) in [5.41, 5.74) is 2.22. The summed E-state index contributed by atoms with van der Waals surface area (Å²) in [5, 5.41) is 4.81. The number of carbonyl (C=O) groups is 1. The molecule has 0 unspecified atom stereocenters. The predicted molar refractivity (Wildman–Crippen MR) is 90.8 cm³/mol. The molecule has 24 heavy (non-hydrogen) atoms. The van der Waals surface area contributed by atoms with Crippen molar-refractivity contribution in [3.8, 4) is 16.9 Å². The van der Waals surface area contributed by atoms with E-state index in [4.69, 9.17) is 9.88 Å². The fourth-order valence-corrected chi connectivity index (χ4v) is 2.41. The van der Waals surface area contributed by atoms with Crippen molar-refractivity contribution in [1.82, 2.24) is 0 Å². The van der Waals surface area contributed by atoms with Crippen molar-refractivity contribution in [3.63, 3.8) is 0 Å². The van der Waals surface area contributed by atoms with E-state index >= 15 is 0 Å². The molecule has 0 aliphatic rings. The van der Waals surface area contributed by atoms with Gasteiger partial charge in [-0.3, -0.25) is 0 Å². The Labute approximate surface area is 141 Å². The van der Waals surface area contributed by atoms with Crippen LogP contribution in [0.25, 0.3) is 11.1 Å². The lowest BCUT2D eigenvalue weighted by molar-refractivity contribution is 0.0499. The van der Waals surface area contributed by atoms with Gasteiger partial charge in [-0.05, 0) is 41.8 Å². The van der Waals surface area contributed by atoms with Gasteiger partial charge >= 0.3 is 16.3 Å². The molecule has 0 bridgehead atoms. The van der Waals surface area contributed by atoms with Crippen molar-refractivity contribution in [2.24, 2.45) is 5.14 Å². The van der Waals surface area contributed by atoms with Gasteiger partial charge in [-0.1, -0.05) is 37.6 Å². The number of rotatable bonds is 7. The first-order valence-electron chi connectivity index (χ1n) is 7.49. The maximum absolute atomic E-state index is 11.8. The lowest BCUT2D eigenvalue weighted by atomic mass is 10.0. The summed E-state index contributed by atoms with van der Waals surface area (Å²) in [6, 6.07) is 13.4. The molecule has 0 atom stereocenters. The second-order valence-electron chi connectivity index (χ2n) is 5.17. The highest BCUT2D eigenvalue weighted by Crippen LogP contribution is 2.23. The zero-order valence-corrected chi connectivity index (χ0v) is 14.1. The highest BCUT2D eigenvalue weighted by molar-refractivity contribution is 7.84. The topological polar surface area (TPSA) is 95.7 Å². The number of unbranched alkanes of at least 4 members (excludes halogenated alkanes) is 1. The van der Waals surface area contributed by atoms with E-state index in [9.17, 15) is 13.2 Å². The molecule has 0 aromatic heterocycles. The first-order chi connectivity index (χ1) is 11.4. The van der Waals surface area contributed by atoms with E-state index in [1.807, 2.05) is 6.92 Å². The molecule has 0 saturated carbocycles. The van der Waals surface area contributed by atoms with Crippen molar-refractivity contribution in [1.29, 1.82) is 0 Å². The average molecular weight is 349 g/mol. The molecule has 2 aromatic rings. The number of hydrogen-bond acceptors (Lipinski definition) is 5. The van der Waals surface area contributed by atoms with Gasteiger partial charge in [0.15, 0.2) is 0 Å². The van der Waals surface area contributed by atoms with Crippen LogP contribution in [0.5, 0.6) is 5.75 Å². The van der Waals surface area contributed by atoms with E-state index in [0.717, 1.165) is 24.0 Å². The molecular formula is C17H19NO5S. The Balaban J connectivity index is 2.06. The molecule has 0 aliphatic heterocycles. The predicted octanol–water partition coefficient (Wildman–Crippen LogP) is 2.89. The molecule has 0 spiro atoms. The lowest BCUT2D eigenvalue weighted by Gasteiger charge is -2.07. The Morgan fingerprint density at radius 1 is 1.00 bits per heavy atom. The van der Waals surface area contributed by atoms with Crippen molar-refractivity contribution in [2.45, 2.75) is 19.8 Å². The second kappa shape index (κ2) is 7.94. The Bertz CT molecular complexity index is 783. The minimum Gasteiger partial charge on any atom is -0.462 e. The summed E-state index contributed by atoms with van der Waals surface area (Å²) < 4.78 is 31.5. The van der Waals surface area contributed by atoms with Gasteiger partial charge in [0.2, 0.25) is 0 Å². The number of esters is 1. The van der Waals surface area contributed by atoms with Crippen LogP contribution in [0.1, 0.15) is 30.1 Å². The summed E-state index contributed by atoms with van der Waals surface area (Å²) in [5.74, 6) is -0.204. The molecule has 7 heteroatoms. The Morgan fingerprint density at radius 2 is 1.54 bits per heavy atom. The van der Waals surface area contributed by atoms with Gasteiger partial charge in [0.1, 0.15) is 5.75 Å². The molecule has 0 fully saturated rings. The highest BCUT2D eigenvalue weighted by atomic mass is 32.2. The maximum atomic E-state index is 11.8. The van der Waals surface area contributed by atoms with Gasteiger partial charge in [-0.2, -0.15) is 13.6 Å². The van der Waals surface area contributed by atoms with E-state index in [0.29, 0.717) is 12.2 Å². The minimum absolute atomic E-state index is 0.136. The van der Waals surface area contributed by atoms with Gasteiger partial charge in [-0.15, -0.1) is 0 Å². The van der Waals surface area contributed by atoms with E-state index in [-0.39, 0.29) is 11.7 Å². The van der Waals surface area contributed by atoms with Crippen LogP contribution in [0.4, 0.5) is 0 Å². The summed E-state index contributed by atoms with van der Waals surface area (Å²) in [4.78, 5) is 11.8. The number of nitrogens with two attached hydrogens (primary N) is 1. The van der Waals surface area contributed by atoms with Gasteiger partial charge in [0, 0.05) is 0 Å². The zero-order valence-electron chi connectivity index (χ0n) is 13.3. The van der Waals surface area contributed by atoms with Crippen LogP contribution in [0, 0.1) is 0 Å². The highest BCUT2D eigenvalue weighted by Gasteiger charge is 2.08. The Morgan fingerprint density at radius 3 is 2.04 bits per heavy atom. The Hall–Kier alpha value is -2.38. The molecular weight excluding hydrogens is 330 g/mol. The number of hydrogen-bond donors (Lipinski definition) is 1. The van der Waals surface area contributed by atoms with Crippen molar-refractivity contribution < 1.29 is 22.1 Å². The van der Waals surface area contributed by atoms with Crippen LogP contribution in [0.2, 0.25) is 0 Å². The standard InChI is InChI=1S/C17H19NO5S/c1-2-3-12-22-17(19)15-6-4-13(5-7-15)14-8-10-16(11-9-14)23-24(18,20)21/h4-11H,2-3,12H2,1H3,(H2,18,20,21). The monoisotopic (exact) mass is 349 g/mol. The number of benzene rings is 2. The van der Waals surface area contributed by atoms with Gasteiger partial charge in [0.25, 0.3) is 0 Å². The van der Waals surface area contributed by atoms with Crippen LogP contribution in [-0.4, -0.2) is 21.0 Å². The molecule has 2 rings (SSSR count). The zero-order chi connectivity index (χ0) is 17.6.